The van der Waals surface area contributed by atoms with Crippen molar-refractivity contribution in [3.8, 4) is 0 Å². The lowest BCUT2D eigenvalue weighted by Crippen LogP contribution is -2.72. The van der Waals surface area contributed by atoms with Gasteiger partial charge >= 0.3 is 11.4 Å². The smallest absolute Gasteiger partial charge is 0.328 e. The normalized spacial score (nSPS) is 16.7. The molecular formula is C47H54N12O8. The summed E-state index contributed by atoms with van der Waals surface area (Å²) in [6.07, 6.45) is 3.52. The number of pyridine rings is 2. The highest BCUT2D eigenvalue weighted by Crippen LogP contribution is 2.43. The van der Waals surface area contributed by atoms with Gasteiger partial charge in [0.1, 0.15) is 11.4 Å². The van der Waals surface area contributed by atoms with E-state index in [2.05, 4.69) is 50.2 Å². The minimum atomic E-state index is -0.363. The Kier molecular flexibility index (Phi) is 12.9. The van der Waals surface area contributed by atoms with E-state index < -0.39 is 0 Å². The summed E-state index contributed by atoms with van der Waals surface area (Å²) in [5.74, 6) is -0.361. The Labute approximate surface area is 383 Å². The van der Waals surface area contributed by atoms with Crippen LogP contribution >= 0.6 is 0 Å². The Morgan fingerprint density at radius 2 is 1.00 bits per heavy atom. The third kappa shape index (κ3) is 9.21. The van der Waals surface area contributed by atoms with Crippen LogP contribution in [0.5, 0.6) is 0 Å². The predicted octanol–water partition coefficient (Wildman–Crippen LogP) is 1.27. The topological polar surface area (TPSA) is 244 Å². The van der Waals surface area contributed by atoms with Gasteiger partial charge in [0.25, 0.3) is 29.4 Å². The molecule has 4 aliphatic rings. The summed E-state index contributed by atoms with van der Waals surface area (Å²) in [7, 11) is 3.19. The van der Waals surface area contributed by atoms with E-state index in [0.29, 0.717) is 57.1 Å². The summed E-state index contributed by atoms with van der Waals surface area (Å²) < 4.78 is 2.43. The Balaban J connectivity index is 0.000000172. The first-order chi connectivity index (χ1) is 32.2. The van der Waals surface area contributed by atoms with Crippen molar-refractivity contribution >= 4 is 51.5 Å². The number of carboxylic acid groups (broad SMARTS) is 1. The lowest BCUT2D eigenvalue weighted by molar-refractivity contribution is -0.122. The van der Waals surface area contributed by atoms with E-state index in [9.17, 15) is 28.8 Å². The molecular weight excluding hydrogens is 861 g/mol. The van der Waals surface area contributed by atoms with E-state index in [-0.39, 0.29) is 40.8 Å². The van der Waals surface area contributed by atoms with Gasteiger partial charge in [0.15, 0.2) is 0 Å². The van der Waals surface area contributed by atoms with Crippen molar-refractivity contribution in [2.24, 2.45) is 10.8 Å². The Morgan fingerprint density at radius 3 is 1.31 bits per heavy atom. The monoisotopic (exact) mass is 914 g/mol. The number of aromatic amines is 2. The van der Waals surface area contributed by atoms with Crippen LogP contribution in [0, 0.1) is 10.8 Å². The summed E-state index contributed by atoms with van der Waals surface area (Å²) in [5, 5.41) is 13.1. The van der Waals surface area contributed by atoms with Gasteiger partial charge in [0.05, 0.1) is 45.6 Å². The molecule has 20 nitrogen and oxygen atoms in total. The highest BCUT2D eigenvalue weighted by Gasteiger charge is 2.52. The molecule has 10 rings (SSSR count). The Morgan fingerprint density at radius 1 is 0.627 bits per heavy atom. The number of aromatic nitrogens is 6. The van der Waals surface area contributed by atoms with E-state index in [1.165, 1.54) is 9.13 Å². The summed E-state index contributed by atoms with van der Waals surface area (Å²) in [6.45, 7) is 13.6. The molecule has 2 spiro atoms. The quantitative estimate of drug-likeness (QED) is 0.122. The largest absolute Gasteiger partial charge is 0.483 e. The van der Waals surface area contributed by atoms with Crippen LogP contribution in [0.2, 0.25) is 0 Å². The van der Waals surface area contributed by atoms with Crippen molar-refractivity contribution in [2.45, 2.75) is 40.0 Å². The van der Waals surface area contributed by atoms with Crippen molar-refractivity contribution in [1.82, 2.24) is 49.5 Å². The number of anilines is 2. The fraction of sp³-hybridized carbons (Fsp3) is 0.383. The molecule has 5 N–H and O–H groups in total. The van der Waals surface area contributed by atoms with Crippen molar-refractivity contribution in [3.63, 3.8) is 0 Å². The lowest BCUT2D eigenvalue weighted by Gasteiger charge is -2.61. The van der Waals surface area contributed by atoms with Gasteiger partial charge in [0.2, 0.25) is 0 Å². The molecule has 8 heterocycles. The second-order valence-electron chi connectivity index (χ2n) is 17.8. The molecule has 2 aromatic carbocycles. The maximum atomic E-state index is 12.4. The molecule has 4 saturated heterocycles. The van der Waals surface area contributed by atoms with Gasteiger partial charge < -0.3 is 35.5 Å². The van der Waals surface area contributed by atoms with Crippen LogP contribution in [0.1, 0.15) is 46.0 Å². The molecule has 0 saturated carbocycles. The molecule has 67 heavy (non-hydrogen) atoms. The highest BCUT2D eigenvalue weighted by atomic mass is 16.3. The van der Waals surface area contributed by atoms with E-state index in [0.717, 1.165) is 87.9 Å². The zero-order valence-electron chi connectivity index (χ0n) is 37.9. The van der Waals surface area contributed by atoms with Gasteiger partial charge in [0, 0.05) is 103 Å². The fourth-order valence-electron chi connectivity index (χ4n) is 9.88. The number of hydrogen-bond donors (Lipinski definition) is 5. The highest BCUT2D eigenvalue weighted by molar-refractivity contribution is 5.92. The first-order valence-corrected chi connectivity index (χ1v) is 22.1. The summed E-state index contributed by atoms with van der Waals surface area (Å²) in [5.41, 5.74) is 5.69. The number of benzene rings is 2. The standard InChI is InChI=1S/2C23H26N6O3.CH2O2/c2*1-3-29-21(31)17-6-4-15(8-19(17)26-22(29)32)10-27-11-23(12-27)13-28(14-23)16-5-7-18(25-9-16)20(30)24-2;2-1-3/h2*4-9H,3,10-14H2,1-2H3,(H,24,30)(H,26,32);1H,(H,2,3). The molecule has 0 aliphatic carbocycles. The van der Waals surface area contributed by atoms with Crippen molar-refractivity contribution in [1.29, 1.82) is 0 Å². The van der Waals surface area contributed by atoms with Gasteiger partial charge in [-0.05, 0) is 73.5 Å². The van der Waals surface area contributed by atoms with Crippen molar-refractivity contribution in [3.05, 3.63) is 137 Å². The number of carbonyl (C=O) groups excluding carboxylic acids is 2. The van der Waals surface area contributed by atoms with Crippen LogP contribution < -0.4 is 42.9 Å². The predicted molar refractivity (Wildman–Crippen MR) is 253 cm³/mol. The number of fused-ring (bicyclic) bond motifs is 2. The zero-order valence-corrected chi connectivity index (χ0v) is 37.9. The molecule has 2 amide bonds. The second-order valence-corrected chi connectivity index (χ2v) is 17.8. The zero-order chi connectivity index (χ0) is 47.6. The third-order valence-electron chi connectivity index (χ3n) is 13.0. The minimum absolute atomic E-state index is 0.180. The van der Waals surface area contributed by atoms with Crippen LogP contribution in [-0.2, 0) is 31.0 Å². The molecule has 4 aromatic heterocycles. The Hall–Kier alpha value is -7.45. The van der Waals surface area contributed by atoms with Gasteiger partial charge in [-0.15, -0.1) is 0 Å². The molecule has 0 atom stereocenters. The summed E-state index contributed by atoms with van der Waals surface area (Å²) >= 11 is 0. The molecule has 0 bridgehead atoms. The van der Waals surface area contributed by atoms with Crippen molar-refractivity contribution < 1.29 is 19.5 Å². The van der Waals surface area contributed by atoms with E-state index >= 15 is 0 Å². The van der Waals surface area contributed by atoms with Gasteiger partial charge in [-0.25, -0.2) is 19.6 Å². The SMILES string of the molecule is CCn1c(=O)[nH]c2cc(CN3CC4(C3)CN(c3ccc(C(=O)NC)nc3)C4)ccc2c1=O.CCn1c(=O)[nH]c2cc(CN3CC4(C3)CN(c3ccc(C(=O)NC)nc3)C4)ccc2c1=O.O=CO. The number of nitrogens with one attached hydrogen (secondary N) is 4. The van der Waals surface area contributed by atoms with Gasteiger partial charge in [-0.2, -0.15) is 0 Å². The number of amides is 2. The van der Waals surface area contributed by atoms with Gasteiger partial charge in [-0.3, -0.25) is 42.9 Å². The van der Waals surface area contributed by atoms with Crippen LogP contribution in [0.25, 0.3) is 21.8 Å². The first kappa shape index (κ1) is 46.1. The van der Waals surface area contributed by atoms with Gasteiger partial charge in [-0.1, -0.05) is 12.1 Å². The van der Waals surface area contributed by atoms with Crippen molar-refractivity contribution in [2.75, 3.05) is 76.3 Å². The third-order valence-corrected chi connectivity index (χ3v) is 13.0. The molecule has 20 heteroatoms. The molecule has 350 valence electrons. The van der Waals surface area contributed by atoms with E-state index in [1.54, 1.807) is 52.5 Å². The number of nitrogens with zero attached hydrogens (tertiary/aromatic N) is 8. The average molecular weight is 915 g/mol. The average Bonchev–Trinajstić information content (AvgIpc) is 3.27. The number of rotatable bonds is 10. The minimum Gasteiger partial charge on any atom is -0.483 e. The van der Waals surface area contributed by atoms with Crippen LogP contribution in [0.4, 0.5) is 11.4 Å². The van der Waals surface area contributed by atoms with E-state index in [1.807, 2.05) is 48.5 Å². The van der Waals surface area contributed by atoms with Crippen LogP contribution in [0.3, 0.4) is 0 Å². The molecule has 6 aromatic rings. The second kappa shape index (κ2) is 18.8. The first-order valence-electron chi connectivity index (χ1n) is 22.1. The number of likely N-dealkylation sites (tertiary alicyclic amines) is 2. The molecule has 0 radical (unpaired) electrons. The van der Waals surface area contributed by atoms with Crippen LogP contribution in [-0.4, -0.2) is 129 Å². The number of hydrogen-bond acceptors (Lipinski definition) is 13. The maximum absolute atomic E-state index is 12.4. The molecule has 4 aliphatic heterocycles. The lowest BCUT2D eigenvalue weighted by atomic mass is 9.72. The van der Waals surface area contributed by atoms with Crippen LogP contribution in [0.15, 0.2) is 92.2 Å². The molecule has 0 unspecified atom stereocenters. The molecule has 4 fully saturated rings. The summed E-state index contributed by atoms with van der Waals surface area (Å²) in [6, 6.07) is 18.8. The number of H-pyrrole nitrogens is 2. The maximum Gasteiger partial charge on any atom is 0.328 e. The summed E-state index contributed by atoms with van der Waals surface area (Å²) in [4.78, 5) is 104. The Bertz CT molecular complexity index is 2860. The fourth-order valence-corrected chi connectivity index (χ4v) is 9.88. The number of carbonyl (C=O) groups is 3. The van der Waals surface area contributed by atoms with E-state index in [4.69, 9.17) is 9.90 Å².